The number of rotatable bonds is 6. The van der Waals surface area contributed by atoms with Crippen molar-refractivity contribution in [3.8, 4) is 11.1 Å². The van der Waals surface area contributed by atoms with Crippen LogP contribution in [-0.2, 0) is 11.2 Å². The van der Waals surface area contributed by atoms with E-state index >= 15 is 0 Å². The summed E-state index contributed by atoms with van der Waals surface area (Å²) in [5.41, 5.74) is 9.09. The predicted molar refractivity (Wildman–Crippen MR) is 110 cm³/mol. The van der Waals surface area contributed by atoms with Gasteiger partial charge in [0.1, 0.15) is 6.04 Å². The first kappa shape index (κ1) is 19.5. The molecule has 0 saturated heterocycles. The molecule has 0 spiro atoms. The summed E-state index contributed by atoms with van der Waals surface area (Å²) in [7, 11) is 0. The molecule has 0 bridgehead atoms. The number of benzene rings is 3. The lowest BCUT2D eigenvalue weighted by Crippen LogP contribution is -2.42. The number of carbonyl (C=O) groups is 2. The summed E-state index contributed by atoms with van der Waals surface area (Å²) in [6.07, 6.45) is 0.149. The normalized spacial score (nSPS) is 11.6. The van der Waals surface area contributed by atoms with Crippen LogP contribution in [0, 0.1) is 0 Å². The molecule has 0 aliphatic heterocycles. The second kappa shape index (κ2) is 8.59. The van der Waals surface area contributed by atoms with E-state index in [1.807, 2.05) is 54.6 Å². The van der Waals surface area contributed by atoms with Crippen LogP contribution in [0.4, 0.5) is 5.69 Å². The van der Waals surface area contributed by atoms with E-state index < -0.39 is 17.9 Å². The molecule has 0 heterocycles. The Labute approximate surface area is 167 Å². The molecule has 4 N–H and O–H groups in total. The summed E-state index contributed by atoms with van der Waals surface area (Å²) in [5.74, 6) is -1.70. The molecule has 3 rings (SSSR count). The SMILES string of the molecule is Nc1ccc(Cl)cc1C(=O)N[C@@H](Cc1ccc(-c2ccccc2)cc1)C(=O)O. The number of amides is 1. The Hall–Kier alpha value is -3.31. The fraction of sp³-hybridized carbons (Fsp3) is 0.0909. The Kier molecular flexibility index (Phi) is 5.96. The lowest BCUT2D eigenvalue weighted by molar-refractivity contribution is -0.139. The first-order valence-electron chi connectivity index (χ1n) is 8.67. The van der Waals surface area contributed by atoms with Crippen molar-refractivity contribution in [3.05, 3.63) is 88.9 Å². The number of hydrogen-bond donors (Lipinski definition) is 3. The van der Waals surface area contributed by atoms with Crippen molar-refractivity contribution < 1.29 is 14.7 Å². The average molecular weight is 395 g/mol. The van der Waals surface area contributed by atoms with Crippen LogP contribution in [0.15, 0.2) is 72.8 Å². The Morgan fingerprint density at radius 1 is 0.964 bits per heavy atom. The van der Waals surface area contributed by atoms with Gasteiger partial charge in [-0.2, -0.15) is 0 Å². The molecule has 0 radical (unpaired) electrons. The number of aliphatic carboxylic acids is 1. The molecule has 1 atom stereocenters. The molecule has 0 saturated carbocycles. The maximum absolute atomic E-state index is 12.4. The molecule has 1 amide bonds. The number of nitrogens with two attached hydrogens (primary N) is 1. The minimum Gasteiger partial charge on any atom is -0.480 e. The summed E-state index contributed by atoms with van der Waals surface area (Å²) in [6, 6.07) is 20.9. The zero-order valence-corrected chi connectivity index (χ0v) is 15.7. The van der Waals surface area contributed by atoms with Gasteiger partial charge in [0.2, 0.25) is 0 Å². The highest BCUT2D eigenvalue weighted by atomic mass is 35.5. The first-order valence-corrected chi connectivity index (χ1v) is 9.05. The summed E-state index contributed by atoms with van der Waals surface area (Å²) in [5, 5.41) is 12.4. The van der Waals surface area contributed by atoms with E-state index in [2.05, 4.69) is 5.32 Å². The number of carboxylic acid groups (broad SMARTS) is 1. The highest BCUT2D eigenvalue weighted by Gasteiger charge is 2.22. The van der Waals surface area contributed by atoms with Gasteiger partial charge in [-0.25, -0.2) is 4.79 Å². The van der Waals surface area contributed by atoms with Crippen LogP contribution in [0.5, 0.6) is 0 Å². The fourth-order valence-electron chi connectivity index (χ4n) is 2.86. The van der Waals surface area contributed by atoms with Crippen molar-refractivity contribution >= 4 is 29.2 Å². The lowest BCUT2D eigenvalue weighted by Gasteiger charge is -2.16. The molecule has 28 heavy (non-hydrogen) atoms. The van der Waals surface area contributed by atoms with Gasteiger partial charge >= 0.3 is 5.97 Å². The van der Waals surface area contributed by atoms with E-state index in [0.29, 0.717) is 5.02 Å². The van der Waals surface area contributed by atoms with Crippen molar-refractivity contribution in [3.63, 3.8) is 0 Å². The topological polar surface area (TPSA) is 92.4 Å². The largest absolute Gasteiger partial charge is 0.480 e. The number of halogens is 1. The molecule has 0 aliphatic rings. The molecule has 0 unspecified atom stereocenters. The lowest BCUT2D eigenvalue weighted by atomic mass is 10.0. The van der Waals surface area contributed by atoms with Crippen molar-refractivity contribution in [2.24, 2.45) is 0 Å². The number of carboxylic acids is 1. The maximum atomic E-state index is 12.4. The molecule has 0 fully saturated rings. The zero-order valence-electron chi connectivity index (χ0n) is 14.9. The van der Waals surface area contributed by atoms with Crippen LogP contribution in [0.25, 0.3) is 11.1 Å². The molecule has 3 aromatic carbocycles. The number of nitrogen functional groups attached to an aromatic ring is 1. The molecular formula is C22H19ClN2O3. The van der Waals surface area contributed by atoms with Crippen LogP contribution in [0.3, 0.4) is 0 Å². The molecule has 3 aromatic rings. The van der Waals surface area contributed by atoms with E-state index in [-0.39, 0.29) is 17.7 Å². The van der Waals surface area contributed by atoms with Gasteiger partial charge in [0.05, 0.1) is 5.56 Å². The summed E-state index contributed by atoms with van der Waals surface area (Å²) in [6.45, 7) is 0. The van der Waals surface area contributed by atoms with Crippen molar-refractivity contribution in [1.29, 1.82) is 0 Å². The molecule has 0 aromatic heterocycles. The Bertz CT molecular complexity index is 988. The monoisotopic (exact) mass is 394 g/mol. The van der Waals surface area contributed by atoms with Crippen LogP contribution >= 0.6 is 11.6 Å². The standard InChI is InChI=1S/C22H19ClN2O3/c23-17-10-11-19(24)18(13-17)21(26)25-20(22(27)28)12-14-6-8-16(9-7-14)15-4-2-1-3-5-15/h1-11,13,20H,12,24H2,(H,25,26)(H,27,28)/t20-/m0/s1. The second-order valence-corrected chi connectivity index (χ2v) is 6.80. The average Bonchev–Trinajstić information content (AvgIpc) is 2.70. The first-order chi connectivity index (χ1) is 13.4. The van der Waals surface area contributed by atoms with E-state index in [0.717, 1.165) is 16.7 Å². The van der Waals surface area contributed by atoms with Gasteiger partial charge in [0, 0.05) is 17.1 Å². The molecule has 6 heteroatoms. The van der Waals surface area contributed by atoms with E-state index in [9.17, 15) is 14.7 Å². The second-order valence-electron chi connectivity index (χ2n) is 6.36. The Balaban J connectivity index is 1.73. The molecular weight excluding hydrogens is 376 g/mol. The minimum atomic E-state index is -1.12. The predicted octanol–water partition coefficient (Wildman–Crippen LogP) is 4.01. The van der Waals surface area contributed by atoms with Gasteiger partial charge in [-0.1, -0.05) is 66.2 Å². The van der Waals surface area contributed by atoms with Gasteiger partial charge in [-0.15, -0.1) is 0 Å². The summed E-state index contributed by atoms with van der Waals surface area (Å²) in [4.78, 5) is 24.1. The van der Waals surface area contributed by atoms with E-state index in [4.69, 9.17) is 17.3 Å². The number of anilines is 1. The minimum absolute atomic E-state index is 0.149. The Morgan fingerprint density at radius 3 is 2.25 bits per heavy atom. The maximum Gasteiger partial charge on any atom is 0.326 e. The summed E-state index contributed by atoms with van der Waals surface area (Å²) < 4.78 is 0. The summed E-state index contributed by atoms with van der Waals surface area (Å²) >= 11 is 5.90. The molecule has 5 nitrogen and oxygen atoms in total. The van der Waals surface area contributed by atoms with Crippen LogP contribution in [0.1, 0.15) is 15.9 Å². The fourth-order valence-corrected chi connectivity index (χ4v) is 3.03. The van der Waals surface area contributed by atoms with E-state index in [1.54, 1.807) is 6.07 Å². The zero-order chi connectivity index (χ0) is 20.1. The number of nitrogens with one attached hydrogen (secondary N) is 1. The van der Waals surface area contributed by atoms with Crippen molar-refractivity contribution in [1.82, 2.24) is 5.32 Å². The van der Waals surface area contributed by atoms with Gasteiger partial charge < -0.3 is 16.2 Å². The third kappa shape index (κ3) is 4.69. The van der Waals surface area contributed by atoms with Gasteiger partial charge in [-0.3, -0.25) is 4.79 Å². The quantitative estimate of drug-likeness (QED) is 0.550. The van der Waals surface area contributed by atoms with Crippen LogP contribution in [0.2, 0.25) is 5.02 Å². The number of hydrogen-bond acceptors (Lipinski definition) is 3. The van der Waals surface area contributed by atoms with Crippen molar-refractivity contribution in [2.45, 2.75) is 12.5 Å². The van der Waals surface area contributed by atoms with Crippen molar-refractivity contribution in [2.75, 3.05) is 5.73 Å². The van der Waals surface area contributed by atoms with Crippen LogP contribution < -0.4 is 11.1 Å². The van der Waals surface area contributed by atoms with Crippen LogP contribution in [-0.4, -0.2) is 23.0 Å². The highest BCUT2D eigenvalue weighted by Crippen LogP contribution is 2.21. The van der Waals surface area contributed by atoms with Gasteiger partial charge in [0.25, 0.3) is 5.91 Å². The van der Waals surface area contributed by atoms with E-state index in [1.165, 1.54) is 12.1 Å². The smallest absolute Gasteiger partial charge is 0.326 e. The van der Waals surface area contributed by atoms with Gasteiger partial charge in [-0.05, 0) is 34.9 Å². The molecule has 142 valence electrons. The van der Waals surface area contributed by atoms with Gasteiger partial charge in [0.15, 0.2) is 0 Å². The third-order valence-corrected chi connectivity index (χ3v) is 4.60. The molecule has 0 aliphatic carbocycles. The Morgan fingerprint density at radius 2 is 1.61 bits per heavy atom. The highest BCUT2D eigenvalue weighted by molar-refractivity contribution is 6.31. The third-order valence-electron chi connectivity index (χ3n) is 4.36. The number of carbonyl (C=O) groups excluding carboxylic acids is 1.